The lowest BCUT2D eigenvalue weighted by molar-refractivity contribution is 0.561. The summed E-state index contributed by atoms with van der Waals surface area (Å²) in [6.07, 6.45) is 1.58. The SMILES string of the molecule is O=S(O)c1[nH]nc2ncc(Br)cc12. The molecule has 1 atom stereocenters. The van der Waals surface area contributed by atoms with Gasteiger partial charge in [0.05, 0.1) is 5.39 Å². The molecular formula is C6H4BrN3O2S. The smallest absolute Gasteiger partial charge is 0.205 e. The Labute approximate surface area is 84.0 Å². The van der Waals surface area contributed by atoms with Crippen molar-refractivity contribution in [3.8, 4) is 0 Å². The second kappa shape index (κ2) is 3.17. The molecule has 2 rings (SSSR count). The number of nitrogens with one attached hydrogen (secondary N) is 1. The van der Waals surface area contributed by atoms with E-state index in [4.69, 9.17) is 4.55 Å². The van der Waals surface area contributed by atoms with Gasteiger partial charge >= 0.3 is 0 Å². The highest BCUT2D eigenvalue weighted by Crippen LogP contribution is 2.20. The maximum absolute atomic E-state index is 10.8. The molecule has 2 N–H and O–H groups in total. The average molecular weight is 262 g/mol. The summed E-state index contributed by atoms with van der Waals surface area (Å²) >= 11 is 1.16. The van der Waals surface area contributed by atoms with Crippen molar-refractivity contribution in [1.29, 1.82) is 0 Å². The summed E-state index contributed by atoms with van der Waals surface area (Å²) in [6.45, 7) is 0. The van der Waals surface area contributed by atoms with E-state index in [1.807, 2.05) is 0 Å². The molecular weight excluding hydrogens is 258 g/mol. The fourth-order valence-corrected chi connectivity index (χ4v) is 1.78. The van der Waals surface area contributed by atoms with Crippen molar-refractivity contribution in [2.75, 3.05) is 0 Å². The number of hydrogen-bond donors (Lipinski definition) is 2. The third kappa shape index (κ3) is 1.50. The highest BCUT2D eigenvalue weighted by molar-refractivity contribution is 9.10. The molecule has 2 heterocycles. The van der Waals surface area contributed by atoms with Crippen molar-refractivity contribution >= 4 is 38.0 Å². The molecule has 7 heteroatoms. The first kappa shape index (κ1) is 8.79. The van der Waals surface area contributed by atoms with Gasteiger partial charge in [0.15, 0.2) is 10.7 Å². The van der Waals surface area contributed by atoms with E-state index in [-0.39, 0.29) is 5.03 Å². The van der Waals surface area contributed by atoms with Crippen LogP contribution in [0.5, 0.6) is 0 Å². The standard InChI is InChI=1S/C6H4BrN3O2S/c7-3-1-4-5(8-2-3)9-10-6(4)13(11)12/h1-2H,(H,11,12)(H,8,9,10). The number of nitrogens with zero attached hydrogens (tertiary/aromatic N) is 2. The molecule has 0 aliphatic rings. The molecule has 5 nitrogen and oxygen atoms in total. The first-order valence-corrected chi connectivity index (χ1v) is 5.19. The summed E-state index contributed by atoms with van der Waals surface area (Å²) in [6, 6.07) is 1.69. The Kier molecular flexibility index (Phi) is 2.14. The molecule has 2 aromatic heterocycles. The lowest BCUT2D eigenvalue weighted by Gasteiger charge is -1.91. The van der Waals surface area contributed by atoms with Gasteiger partial charge in [0.1, 0.15) is 0 Å². The van der Waals surface area contributed by atoms with Crippen LogP contribution in [0.2, 0.25) is 0 Å². The number of pyridine rings is 1. The van der Waals surface area contributed by atoms with Gasteiger partial charge in [-0.15, -0.1) is 0 Å². The van der Waals surface area contributed by atoms with Crippen LogP contribution in [0.1, 0.15) is 0 Å². The van der Waals surface area contributed by atoms with E-state index in [1.165, 1.54) is 0 Å². The molecule has 0 amide bonds. The van der Waals surface area contributed by atoms with Crippen molar-refractivity contribution in [3.63, 3.8) is 0 Å². The van der Waals surface area contributed by atoms with Crippen molar-refractivity contribution in [3.05, 3.63) is 16.7 Å². The van der Waals surface area contributed by atoms with Crippen LogP contribution in [0, 0.1) is 0 Å². The molecule has 1 unspecified atom stereocenters. The van der Waals surface area contributed by atoms with Gasteiger partial charge in [0.2, 0.25) is 11.1 Å². The Balaban J connectivity index is 2.79. The normalized spacial score (nSPS) is 13.4. The molecule has 2 aromatic rings. The van der Waals surface area contributed by atoms with Crippen LogP contribution >= 0.6 is 15.9 Å². The lowest BCUT2D eigenvalue weighted by Crippen LogP contribution is -1.88. The predicted octanol–water partition coefficient (Wildman–Crippen LogP) is 1.30. The quantitative estimate of drug-likeness (QED) is 0.759. The minimum atomic E-state index is -2.06. The number of aromatic nitrogens is 3. The van der Waals surface area contributed by atoms with E-state index < -0.39 is 11.1 Å². The third-order valence-corrected chi connectivity index (χ3v) is 2.61. The van der Waals surface area contributed by atoms with Crippen LogP contribution in [0.4, 0.5) is 0 Å². The summed E-state index contributed by atoms with van der Waals surface area (Å²) in [7, 11) is 0. The molecule has 0 aromatic carbocycles. The van der Waals surface area contributed by atoms with Crippen molar-refractivity contribution in [2.45, 2.75) is 5.03 Å². The first-order chi connectivity index (χ1) is 6.18. The van der Waals surface area contributed by atoms with Crippen LogP contribution < -0.4 is 0 Å². The zero-order valence-corrected chi connectivity index (χ0v) is 8.59. The zero-order chi connectivity index (χ0) is 9.42. The topological polar surface area (TPSA) is 78.9 Å². The van der Waals surface area contributed by atoms with Gasteiger partial charge < -0.3 is 4.55 Å². The van der Waals surface area contributed by atoms with Gasteiger partial charge in [0.25, 0.3) is 0 Å². The number of rotatable bonds is 1. The Bertz CT molecular complexity index is 484. The summed E-state index contributed by atoms with van der Waals surface area (Å²) in [5.41, 5.74) is 0.431. The predicted molar refractivity (Wildman–Crippen MR) is 50.6 cm³/mol. The second-order valence-corrected chi connectivity index (χ2v) is 4.15. The van der Waals surface area contributed by atoms with Crippen molar-refractivity contribution in [1.82, 2.24) is 15.2 Å². The molecule has 0 spiro atoms. The van der Waals surface area contributed by atoms with Crippen LogP contribution in [-0.4, -0.2) is 23.9 Å². The fourth-order valence-electron chi connectivity index (χ4n) is 0.985. The summed E-state index contributed by atoms with van der Waals surface area (Å²) in [5, 5.41) is 6.95. The second-order valence-electron chi connectivity index (χ2n) is 2.33. The van der Waals surface area contributed by atoms with E-state index in [0.29, 0.717) is 11.0 Å². The van der Waals surface area contributed by atoms with E-state index in [0.717, 1.165) is 4.47 Å². The maximum atomic E-state index is 10.8. The van der Waals surface area contributed by atoms with E-state index in [1.54, 1.807) is 12.3 Å². The summed E-state index contributed by atoms with van der Waals surface area (Å²) < 4.78 is 20.4. The molecule has 0 bridgehead atoms. The molecule has 68 valence electrons. The molecule has 0 radical (unpaired) electrons. The van der Waals surface area contributed by atoms with E-state index in [2.05, 4.69) is 31.1 Å². The molecule has 0 saturated carbocycles. The van der Waals surface area contributed by atoms with Gasteiger partial charge in [-0.1, -0.05) is 0 Å². The molecule has 0 fully saturated rings. The molecule has 13 heavy (non-hydrogen) atoms. The van der Waals surface area contributed by atoms with E-state index in [9.17, 15) is 4.21 Å². The van der Waals surface area contributed by atoms with Crippen LogP contribution in [-0.2, 0) is 11.1 Å². The largest absolute Gasteiger partial charge is 0.301 e. The molecule has 0 aliphatic carbocycles. The number of halogens is 1. The monoisotopic (exact) mass is 261 g/mol. The van der Waals surface area contributed by atoms with Gasteiger partial charge in [0, 0.05) is 10.7 Å². The molecule has 0 saturated heterocycles. The maximum Gasteiger partial charge on any atom is 0.205 e. The highest BCUT2D eigenvalue weighted by Gasteiger charge is 2.10. The van der Waals surface area contributed by atoms with Crippen molar-refractivity contribution in [2.24, 2.45) is 0 Å². The Morgan fingerprint density at radius 1 is 1.62 bits per heavy atom. The number of hydrogen-bond acceptors (Lipinski definition) is 3. The minimum Gasteiger partial charge on any atom is -0.301 e. The summed E-state index contributed by atoms with van der Waals surface area (Å²) in [4.78, 5) is 3.95. The van der Waals surface area contributed by atoms with Crippen molar-refractivity contribution < 1.29 is 8.76 Å². The van der Waals surface area contributed by atoms with Crippen LogP contribution in [0.25, 0.3) is 11.0 Å². The molecule has 0 aliphatic heterocycles. The van der Waals surface area contributed by atoms with Gasteiger partial charge in [-0.25, -0.2) is 9.19 Å². The zero-order valence-electron chi connectivity index (χ0n) is 6.19. The Morgan fingerprint density at radius 3 is 3.08 bits per heavy atom. The Hall–Kier alpha value is -0.790. The van der Waals surface area contributed by atoms with Crippen LogP contribution in [0.3, 0.4) is 0 Å². The van der Waals surface area contributed by atoms with Crippen LogP contribution in [0.15, 0.2) is 21.8 Å². The third-order valence-electron chi connectivity index (χ3n) is 1.52. The number of aromatic amines is 1. The van der Waals surface area contributed by atoms with Gasteiger partial charge in [-0.05, 0) is 22.0 Å². The number of H-pyrrole nitrogens is 1. The fraction of sp³-hybridized carbons (Fsp3) is 0. The Morgan fingerprint density at radius 2 is 2.38 bits per heavy atom. The summed E-state index contributed by atoms with van der Waals surface area (Å²) in [5.74, 6) is 0. The average Bonchev–Trinajstić information content (AvgIpc) is 2.46. The first-order valence-electron chi connectivity index (χ1n) is 3.29. The lowest BCUT2D eigenvalue weighted by atomic mass is 10.4. The van der Waals surface area contributed by atoms with Gasteiger partial charge in [-0.2, -0.15) is 5.10 Å². The van der Waals surface area contributed by atoms with E-state index >= 15 is 0 Å². The number of fused-ring (bicyclic) bond motifs is 1. The highest BCUT2D eigenvalue weighted by atomic mass is 79.9. The minimum absolute atomic E-state index is 0.170. The van der Waals surface area contributed by atoms with Gasteiger partial charge in [-0.3, -0.25) is 5.10 Å².